The summed E-state index contributed by atoms with van der Waals surface area (Å²) in [5, 5.41) is 3.07. The van der Waals surface area contributed by atoms with Crippen molar-refractivity contribution < 1.29 is 14.3 Å². The van der Waals surface area contributed by atoms with Crippen LogP contribution in [0.15, 0.2) is 18.2 Å². The minimum Gasteiger partial charge on any atom is -0.454 e. The monoisotopic (exact) mass is 293 g/mol. The minimum absolute atomic E-state index is 0.00236. The van der Waals surface area contributed by atoms with Gasteiger partial charge in [-0.05, 0) is 43.7 Å². The van der Waals surface area contributed by atoms with Crippen LogP contribution in [0.3, 0.4) is 0 Å². The van der Waals surface area contributed by atoms with Crippen molar-refractivity contribution in [1.82, 2.24) is 5.32 Å². The Morgan fingerprint density at radius 3 is 2.85 bits per heavy atom. The Bertz CT molecular complexity index is 528. The molecule has 1 N–H and O–H groups in total. The molecule has 1 aliphatic carbocycles. The van der Waals surface area contributed by atoms with Gasteiger partial charge >= 0.3 is 0 Å². The molecular weight excluding hydrogens is 274 g/mol. The van der Waals surface area contributed by atoms with Crippen LogP contribution in [-0.4, -0.2) is 30.8 Å². The van der Waals surface area contributed by atoms with E-state index < -0.39 is 0 Å². The number of nitrogens with one attached hydrogen (secondary N) is 1. The van der Waals surface area contributed by atoms with Crippen LogP contribution in [0.1, 0.15) is 25.3 Å². The molecule has 1 atom stereocenters. The highest BCUT2D eigenvalue weighted by Gasteiger charge is 2.45. The zero-order valence-electron chi connectivity index (χ0n) is 11.8. The van der Waals surface area contributed by atoms with E-state index >= 15 is 0 Å². The molecule has 0 bridgehead atoms. The lowest BCUT2D eigenvalue weighted by Gasteiger charge is -2.18. The average molecular weight is 293 g/mol. The third-order valence-electron chi connectivity index (χ3n) is 4.16. The number of benzene rings is 1. The van der Waals surface area contributed by atoms with Crippen molar-refractivity contribution in [3.05, 3.63) is 23.8 Å². The smallest absolute Gasteiger partial charge is 0.232 e. The normalized spacial score (nSPS) is 19.5. The average Bonchev–Trinajstić information content (AvgIpc) is 3.12. The van der Waals surface area contributed by atoms with Gasteiger partial charge < -0.3 is 14.8 Å². The van der Waals surface area contributed by atoms with Gasteiger partial charge in [-0.3, -0.25) is 4.79 Å². The number of amides is 1. The van der Waals surface area contributed by atoms with E-state index in [0.717, 1.165) is 24.3 Å². The zero-order valence-corrected chi connectivity index (χ0v) is 12.6. The largest absolute Gasteiger partial charge is 0.454 e. The first-order chi connectivity index (χ1) is 9.64. The fourth-order valence-electron chi connectivity index (χ4n) is 2.45. The molecule has 1 saturated carbocycles. The lowest BCUT2D eigenvalue weighted by molar-refractivity contribution is -0.120. The molecule has 1 aromatic carbocycles. The first kappa shape index (κ1) is 13.6. The van der Waals surface area contributed by atoms with Crippen molar-refractivity contribution in [2.75, 3.05) is 19.6 Å². The molecule has 2 aliphatic rings. The molecule has 0 spiro atoms. The molecule has 3 rings (SSSR count). The summed E-state index contributed by atoms with van der Waals surface area (Å²) in [5.41, 5.74) is 1.33. The number of carbonyl (C=O) groups is 1. The van der Waals surface area contributed by atoms with E-state index in [-0.39, 0.29) is 16.6 Å². The summed E-state index contributed by atoms with van der Waals surface area (Å²) in [6.07, 6.45) is 4.18. The summed E-state index contributed by atoms with van der Waals surface area (Å²) in [6.45, 7) is 2.93. The van der Waals surface area contributed by atoms with Gasteiger partial charge in [0.15, 0.2) is 11.5 Å². The zero-order chi connectivity index (χ0) is 14.2. The van der Waals surface area contributed by atoms with Gasteiger partial charge in [0.1, 0.15) is 0 Å². The summed E-state index contributed by atoms with van der Waals surface area (Å²) >= 11 is 1.57. The molecule has 5 heteroatoms. The fourth-order valence-corrected chi connectivity index (χ4v) is 2.75. The Balaban J connectivity index is 1.68. The molecule has 108 valence electrons. The molecule has 0 saturated heterocycles. The second-order valence-corrected chi connectivity index (χ2v) is 6.62. The second kappa shape index (κ2) is 5.20. The van der Waals surface area contributed by atoms with Crippen LogP contribution in [0.25, 0.3) is 0 Å². The van der Waals surface area contributed by atoms with Crippen LogP contribution >= 0.6 is 11.8 Å². The summed E-state index contributed by atoms with van der Waals surface area (Å²) in [5.74, 6) is 1.74. The van der Waals surface area contributed by atoms with Crippen molar-refractivity contribution >= 4 is 17.7 Å². The lowest BCUT2D eigenvalue weighted by Crippen LogP contribution is -2.36. The SMILES string of the molecule is CS[C@H](C)C(=O)NCC1(c2ccc3c(c2)OCO3)CC1. The molecule has 1 fully saturated rings. The lowest BCUT2D eigenvalue weighted by atomic mass is 9.95. The Kier molecular flexibility index (Phi) is 3.54. The van der Waals surface area contributed by atoms with Crippen LogP contribution < -0.4 is 14.8 Å². The van der Waals surface area contributed by atoms with E-state index in [0.29, 0.717) is 13.3 Å². The van der Waals surface area contributed by atoms with Crippen molar-refractivity contribution in [2.45, 2.75) is 30.4 Å². The number of carbonyl (C=O) groups excluding carboxylic acids is 1. The minimum atomic E-state index is 0.00236. The quantitative estimate of drug-likeness (QED) is 0.905. The standard InChI is InChI=1S/C15H19NO3S/c1-10(20-2)14(17)16-8-15(5-6-15)11-3-4-12-13(7-11)19-9-18-12/h3-4,7,10H,5-6,8-9H2,1-2H3,(H,16,17)/t10-/m1/s1. The summed E-state index contributed by atoms with van der Waals surface area (Å²) < 4.78 is 10.8. The van der Waals surface area contributed by atoms with Gasteiger partial charge in [0.2, 0.25) is 12.7 Å². The highest BCUT2D eigenvalue weighted by atomic mass is 32.2. The van der Waals surface area contributed by atoms with Gasteiger partial charge in [0, 0.05) is 12.0 Å². The Morgan fingerprint density at radius 1 is 1.40 bits per heavy atom. The van der Waals surface area contributed by atoms with Crippen LogP contribution in [-0.2, 0) is 10.2 Å². The maximum atomic E-state index is 11.9. The summed E-state index contributed by atoms with van der Waals surface area (Å²) in [6, 6.07) is 6.11. The number of fused-ring (bicyclic) bond motifs is 1. The van der Waals surface area contributed by atoms with E-state index in [2.05, 4.69) is 17.4 Å². The Morgan fingerprint density at radius 2 is 2.15 bits per heavy atom. The van der Waals surface area contributed by atoms with Crippen LogP contribution in [0.2, 0.25) is 0 Å². The molecule has 20 heavy (non-hydrogen) atoms. The van der Waals surface area contributed by atoms with E-state index in [1.165, 1.54) is 5.56 Å². The first-order valence-electron chi connectivity index (χ1n) is 6.85. The van der Waals surface area contributed by atoms with E-state index in [1.807, 2.05) is 19.2 Å². The molecule has 4 nitrogen and oxygen atoms in total. The molecule has 0 unspecified atom stereocenters. The molecule has 1 aromatic rings. The second-order valence-electron chi connectivity index (χ2n) is 5.44. The van der Waals surface area contributed by atoms with Crippen LogP contribution in [0, 0.1) is 0 Å². The topological polar surface area (TPSA) is 47.6 Å². The predicted molar refractivity (Wildman–Crippen MR) is 79.5 cm³/mol. The highest BCUT2D eigenvalue weighted by molar-refractivity contribution is 7.99. The molecule has 0 aromatic heterocycles. The van der Waals surface area contributed by atoms with Crippen LogP contribution in [0.5, 0.6) is 11.5 Å². The van der Waals surface area contributed by atoms with E-state index in [4.69, 9.17) is 9.47 Å². The van der Waals surface area contributed by atoms with Gasteiger partial charge in [-0.15, -0.1) is 0 Å². The maximum Gasteiger partial charge on any atom is 0.232 e. The van der Waals surface area contributed by atoms with Crippen molar-refractivity contribution in [3.8, 4) is 11.5 Å². The number of hydrogen-bond acceptors (Lipinski definition) is 4. The van der Waals surface area contributed by atoms with Gasteiger partial charge in [-0.1, -0.05) is 6.07 Å². The Hall–Kier alpha value is -1.36. The molecular formula is C15H19NO3S. The summed E-state index contributed by atoms with van der Waals surface area (Å²) in [4.78, 5) is 11.9. The number of ether oxygens (including phenoxy) is 2. The third kappa shape index (κ3) is 2.46. The third-order valence-corrected chi connectivity index (χ3v) is 5.08. The number of hydrogen-bond donors (Lipinski definition) is 1. The fraction of sp³-hybridized carbons (Fsp3) is 0.533. The van der Waals surface area contributed by atoms with E-state index in [1.54, 1.807) is 11.8 Å². The van der Waals surface area contributed by atoms with Crippen LogP contribution in [0.4, 0.5) is 0 Å². The molecule has 0 radical (unpaired) electrons. The number of rotatable bonds is 5. The molecule has 1 amide bonds. The van der Waals surface area contributed by atoms with Crippen molar-refractivity contribution in [3.63, 3.8) is 0 Å². The van der Waals surface area contributed by atoms with Crippen molar-refractivity contribution in [1.29, 1.82) is 0 Å². The van der Waals surface area contributed by atoms with Gasteiger partial charge in [0.25, 0.3) is 0 Å². The number of thioether (sulfide) groups is 1. The highest BCUT2D eigenvalue weighted by Crippen LogP contribution is 2.49. The van der Waals surface area contributed by atoms with Gasteiger partial charge in [-0.2, -0.15) is 11.8 Å². The maximum absolute atomic E-state index is 11.9. The van der Waals surface area contributed by atoms with Gasteiger partial charge in [-0.25, -0.2) is 0 Å². The first-order valence-corrected chi connectivity index (χ1v) is 8.14. The molecule has 1 heterocycles. The predicted octanol–water partition coefficient (Wildman–Crippen LogP) is 2.31. The van der Waals surface area contributed by atoms with E-state index in [9.17, 15) is 4.79 Å². The van der Waals surface area contributed by atoms with Crippen molar-refractivity contribution in [2.24, 2.45) is 0 Å². The Labute approximate surface area is 123 Å². The summed E-state index contributed by atoms with van der Waals surface area (Å²) in [7, 11) is 0. The van der Waals surface area contributed by atoms with Gasteiger partial charge in [0.05, 0.1) is 5.25 Å². The molecule has 1 aliphatic heterocycles.